The summed E-state index contributed by atoms with van der Waals surface area (Å²) in [5.74, 6) is 0. The van der Waals surface area contributed by atoms with Gasteiger partial charge in [-0.05, 0) is 29.6 Å². The molecule has 0 atom stereocenters. The van der Waals surface area contributed by atoms with E-state index in [-0.39, 0.29) is 7.66 Å². The van der Waals surface area contributed by atoms with Crippen molar-refractivity contribution in [3.05, 3.63) is 28.2 Å². The van der Waals surface area contributed by atoms with Crippen molar-refractivity contribution in [2.75, 3.05) is 0 Å². The summed E-state index contributed by atoms with van der Waals surface area (Å²) in [6.07, 6.45) is 0. The third kappa shape index (κ3) is 3.00. The van der Waals surface area contributed by atoms with Crippen LogP contribution in [-0.4, -0.2) is 0 Å². The first-order valence-electron chi connectivity index (χ1n) is 2.68. The highest BCUT2D eigenvalue weighted by Gasteiger charge is 1.97. The van der Waals surface area contributed by atoms with E-state index in [4.69, 9.17) is 23.2 Å². The van der Waals surface area contributed by atoms with Crippen LogP contribution in [-0.2, 0) is 4.57 Å². The van der Waals surface area contributed by atoms with Gasteiger partial charge in [0.2, 0.25) is 7.66 Å². The summed E-state index contributed by atoms with van der Waals surface area (Å²) in [6.45, 7) is 0. The molecule has 0 heterocycles. The SMILES string of the molecule is O=PSc1cc(Cl)cc(Cl)c1. The van der Waals surface area contributed by atoms with Crippen LogP contribution in [0.5, 0.6) is 0 Å². The number of hydrogen-bond donors (Lipinski definition) is 0. The lowest BCUT2D eigenvalue weighted by atomic mass is 10.4. The van der Waals surface area contributed by atoms with E-state index in [1.54, 1.807) is 18.2 Å². The second kappa shape index (κ2) is 4.32. The summed E-state index contributed by atoms with van der Waals surface area (Å²) in [5.41, 5.74) is 0. The zero-order valence-corrected chi connectivity index (χ0v) is 8.47. The molecule has 0 aliphatic carbocycles. The Bertz CT molecular complexity index is 259. The average molecular weight is 225 g/mol. The van der Waals surface area contributed by atoms with Crippen molar-refractivity contribution >= 4 is 42.2 Å². The van der Waals surface area contributed by atoms with Crippen molar-refractivity contribution in [1.82, 2.24) is 0 Å². The van der Waals surface area contributed by atoms with Crippen molar-refractivity contribution in [3.63, 3.8) is 0 Å². The molecule has 0 radical (unpaired) electrons. The molecule has 0 amide bonds. The summed E-state index contributed by atoms with van der Waals surface area (Å²) >= 11 is 12.5. The van der Waals surface area contributed by atoms with E-state index in [0.29, 0.717) is 10.0 Å². The van der Waals surface area contributed by atoms with Gasteiger partial charge in [-0.1, -0.05) is 23.2 Å². The predicted molar refractivity (Wildman–Crippen MR) is 49.9 cm³/mol. The standard InChI is InChI=1S/C6H3Cl2OPS/c7-4-1-5(8)3-6(2-4)11-10-9/h1-3H. The molecule has 0 unspecified atom stereocenters. The van der Waals surface area contributed by atoms with E-state index in [1.807, 2.05) is 0 Å². The maximum atomic E-state index is 10.2. The van der Waals surface area contributed by atoms with Gasteiger partial charge in [-0.25, -0.2) is 0 Å². The maximum absolute atomic E-state index is 10.2. The lowest BCUT2D eigenvalue weighted by molar-refractivity contribution is 0.605. The summed E-state index contributed by atoms with van der Waals surface area (Å²) < 4.78 is 10.2. The lowest BCUT2D eigenvalue weighted by Crippen LogP contribution is -1.68. The largest absolute Gasteiger partial charge is 0.262 e. The van der Waals surface area contributed by atoms with Crippen LogP contribution in [0.1, 0.15) is 0 Å². The highest BCUT2D eigenvalue weighted by atomic mass is 35.5. The third-order valence-corrected chi connectivity index (χ3v) is 2.79. The molecule has 0 aliphatic heterocycles. The molecule has 0 aliphatic rings. The summed E-state index contributed by atoms with van der Waals surface area (Å²) in [4.78, 5) is 0.805. The van der Waals surface area contributed by atoms with Crippen molar-refractivity contribution in [1.29, 1.82) is 0 Å². The monoisotopic (exact) mass is 224 g/mol. The molecular formula is C6H3Cl2OPS. The fraction of sp³-hybridized carbons (Fsp3) is 0. The van der Waals surface area contributed by atoms with Crippen LogP contribution in [0.15, 0.2) is 23.1 Å². The quantitative estimate of drug-likeness (QED) is 0.698. The molecule has 1 nitrogen and oxygen atoms in total. The van der Waals surface area contributed by atoms with Gasteiger partial charge in [-0.2, -0.15) is 0 Å². The van der Waals surface area contributed by atoms with Crippen LogP contribution in [0.3, 0.4) is 0 Å². The average Bonchev–Trinajstić information content (AvgIpc) is 1.85. The molecule has 0 fully saturated rings. The highest BCUT2D eigenvalue weighted by molar-refractivity contribution is 8.45. The Kier molecular flexibility index (Phi) is 3.67. The Balaban J connectivity index is 2.98. The molecule has 0 saturated carbocycles. The summed E-state index contributed by atoms with van der Waals surface area (Å²) in [5, 5.41) is 1.12. The van der Waals surface area contributed by atoms with Gasteiger partial charge >= 0.3 is 0 Å². The van der Waals surface area contributed by atoms with E-state index < -0.39 is 0 Å². The van der Waals surface area contributed by atoms with Crippen LogP contribution in [0.2, 0.25) is 10.0 Å². The minimum absolute atomic E-state index is 0.000586. The number of halogens is 2. The Hall–Kier alpha value is 0.250. The molecule has 58 valence electrons. The van der Waals surface area contributed by atoms with Crippen LogP contribution >= 0.6 is 42.2 Å². The number of benzene rings is 1. The smallest absolute Gasteiger partial charge is 0.232 e. The van der Waals surface area contributed by atoms with Crippen LogP contribution in [0.4, 0.5) is 0 Å². The molecule has 1 aromatic carbocycles. The van der Waals surface area contributed by atoms with Crippen molar-refractivity contribution in [2.45, 2.75) is 4.90 Å². The van der Waals surface area contributed by atoms with Gasteiger partial charge in [0.15, 0.2) is 0 Å². The van der Waals surface area contributed by atoms with Gasteiger partial charge in [-0.3, -0.25) is 4.57 Å². The first-order chi connectivity index (χ1) is 5.22. The molecule has 11 heavy (non-hydrogen) atoms. The first kappa shape index (κ1) is 9.34. The molecule has 1 aromatic rings. The minimum atomic E-state index is -0.000586. The van der Waals surface area contributed by atoms with E-state index in [1.165, 1.54) is 0 Å². The summed E-state index contributed by atoms with van der Waals surface area (Å²) in [7, 11) is -0.000586. The minimum Gasteiger partial charge on any atom is -0.262 e. The molecule has 0 spiro atoms. The van der Waals surface area contributed by atoms with Crippen LogP contribution in [0, 0.1) is 0 Å². The van der Waals surface area contributed by atoms with Crippen LogP contribution in [0.25, 0.3) is 0 Å². The van der Waals surface area contributed by atoms with Gasteiger partial charge in [0.1, 0.15) is 0 Å². The third-order valence-electron chi connectivity index (χ3n) is 0.979. The van der Waals surface area contributed by atoms with Gasteiger partial charge in [-0.15, -0.1) is 0 Å². The zero-order valence-electron chi connectivity index (χ0n) is 5.25. The predicted octanol–water partition coefficient (Wildman–Crippen LogP) is 4.29. The van der Waals surface area contributed by atoms with E-state index in [2.05, 4.69) is 0 Å². The fourth-order valence-corrected chi connectivity index (χ4v) is 2.30. The Morgan fingerprint density at radius 2 is 1.73 bits per heavy atom. The van der Waals surface area contributed by atoms with E-state index in [9.17, 15) is 4.57 Å². The second-order valence-corrected chi connectivity index (χ2v) is 4.44. The van der Waals surface area contributed by atoms with Gasteiger partial charge in [0.25, 0.3) is 0 Å². The molecule has 0 N–H and O–H groups in total. The molecular weight excluding hydrogens is 222 g/mol. The van der Waals surface area contributed by atoms with Gasteiger partial charge < -0.3 is 0 Å². The van der Waals surface area contributed by atoms with Crippen molar-refractivity contribution in [2.24, 2.45) is 0 Å². The van der Waals surface area contributed by atoms with E-state index >= 15 is 0 Å². The molecule has 0 bridgehead atoms. The summed E-state index contributed by atoms with van der Waals surface area (Å²) in [6, 6.07) is 5.06. The molecule has 0 aromatic heterocycles. The molecule has 0 saturated heterocycles. The van der Waals surface area contributed by atoms with Crippen molar-refractivity contribution in [3.8, 4) is 0 Å². The highest BCUT2D eigenvalue weighted by Crippen LogP contribution is 2.32. The Morgan fingerprint density at radius 3 is 2.18 bits per heavy atom. The zero-order chi connectivity index (χ0) is 8.27. The Labute approximate surface area is 80.0 Å². The number of rotatable bonds is 2. The molecule has 5 heteroatoms. The topological polar surface area (TPSA) is 17.1 Å². The van der Waals surface area contributed by atoms with E-state index in [0.717, 1.165) is 16.3 Å². The maximum Gasteiger partial charge on any atom is 0.232 e. The van der Waals surface area contributed by atoms with Gasteiger partial charge in [0.05, 0.1) is 0 Å². The van der Waals surface area contributed by atoms with Crippen LogP contribution < -0.4 is 0 Å². The fourth-order valence-electron chi connectivity index (χ4n) is 0.624. The van der Waals surface area contributed by atoms with Gasteiger partial charge in [0, 0.05) is 14.9 Å². The number of hydrogen-bond acceptors (Lipinski definition) is 2. The lowest BCUT2D eigenvalue weighted by Gasteiger charge is -1.95. The normalized spacial score (nSPS) is 10.4. The molecule has 1 rings (SSSR count). The Morgan fingerprint density at radius 1 is 1.18 bits per heavy atom. The second-order valence-electron chi connectivity index (χ2n) is 1.77. The van der Waals surface area contributed by atoms with Crippen molar-refractivity contribution < 1.29 is 4.57 Å². The first-order valence-corrected chi connectivity index (χ1v) is 5.67.